The van der Waals surface area contributed by atoms with E-state index < -0.39 is 0 Å². The second-order valence-electron chi connectivity index (χ2n) is 3.87. The molecule has 0 aliphatic carbocycles. The molecule has 1 aliphatic heterocycles. The summed E-state index contributed by atoms with van der Waals surface area (Å²) in [4.78, 5) is 15.1. The molecule has 1 saturated heterocycles. The van der Waals surface area contributed by atoms with Crippen molar-refractivity contribution in [3.05, 3.63) is 16.1 Å². The maximum atomic E-state index is 11.0. The van der Waals surface area contributed by atoms with Gasteiger partial charge in [0.15, 0.2) is 0 Å². The van der Waals surface area contributed by atoms with E-state index in [4.69, 9.17) is 28.9 Å². The number of nitrogen functional groups attached to an aromatic ring is 1. The number of rotatable bonds is 3. The van der Waals surface area contributed by atoms with Gasteiger partial charge in [0.05, 0.1) is 10.0 Å². The molecule has 1 amide bonds. The van der Waals surface area contributed by atoms with Gasteiger partial charge in [-0.15, -0.1) is 0 Å². The van der Waals surface area contributed by atoms with Crippen molar-refractivity contribution in [2.45, 2.75) is 18.9 Å². The lowest BCUT2D eigenvalue weighted by Gasteiger charge is -2.13. The number of anilines is 2. The second-order valence-corrected chi connectivity index (χ2v) is 4.68. The first-order valence-electron chi connectivity index (χ1n) is 5.21. The van der Waals surface area contributed by atoms with Gasteiger partial charge in [-0.1, -0.05) is 23.2 Å². The molecular weight excluding hydrogens is 263 g/mol. The molecule has 0 saturated carbocycles. The summed E-state index contributed by atoms with van der Waals surface area (Å²) in [6.45, 7) is 0.569. The van der Waals surface area contributed by atoms with E-state index in [1.165, 1.54) is 0 Å². The number of pyridine rings is 1. The Balaban J connectivity index is 1.99. The lowest BCUT2D eigenvalue weighted by molar-refractivity contribution is -0.119. The highest BCUT2D eigenvalue weighted by Crippen LogP contribution is 2.27. The predicted octanol–water partition coefficient (Wildman–Crippen LogP) is 1.66. The Kier molecular flexibility index (Phi) is 3.59. The van der Waals surface area contributed by atoms with Gasteiger partial charge in [-0.2, -0.15) is 0 Å². The summed E-state index contributed by atoms with van der Waals surface area (Å²) in [6, 6.07) is 1.65. The highest BCUT2D eigenvalue weighted by Gasteiger charge is 2.20. The molecule has 17 heavy (non-hydrogen) atoms. The Bertz CT molecular complexity index is 452. The van der Waals surface area contributed by atoms with E-state index in [1.54, 1.807) is 6.07 Å². The van der Waals surface area contributed by atoms with Crippen LogP contribution in [0.1, 0.15) is 12.8 Å². The first-order valence-corrected chi connectivity index (χ1v) is 5.96. The molecule has 7 heteroatoms. The van der Waals surface area contributed by atoms with Gasteiger partial charge >= 0.3 is 0 Å². The summed E-state index contributed by atoms with van der Waals surface area (Å²) in [5.41, 5.74) is 5.58. The number of aromatic nitrogens is 1. The Morgan fingerprint density at radius 2 is 2.29 bits per heavy atom. The Hall–Kier alpha value is -1.20. The van der Waals surface area contributed by atoms with Crippen molar-refractivity contribution in [3.63, 3.8) is 0 Å². The fraction of sp³-hybridized carbons (Fsp3) is 0.400. The molecule has 2 heterocycles. The van der Waals surface area contributed by atoms with Crippen molar-refractivity contribution in [3.8, 4) is 0 Å². The first kappa shape index (κ1) is 12.3. The number of halogens is 2. The smallest absolute Gasteiger partial charge is 0.220 e. The Morgan fingerprint density at radius 1 is 1.53 bits per heavy atom. The van der Waals surface area contributed by atoms with Gasteiger partial charge in [0, 0.05) is 19.0 Å². The van der Waals surface area contributed by atoms with E-state index in [1.807, 2.05) is 0 Å². The normalized spacial score (nSPS) is 19.2. The molecule has 1 aromatic heterocycles. The standard InChI is InChI=1S/C10H12Cl2N4O/c11-6-3-7(12)10(16-9(6)13)14-4-5-1-2-8(17)15-5/h3,5H,1-2,4H2,(H,15,17)(H3,13,14,16). The number of amides is 1. The van der Waals surface area contributed by atoms with Crippen LogP contribution in [0.4, 0.5) is 11.6 Å². The van der Waals surface area contributed by atoms with Gasteiger partial charge in [-0.05, 0) is 12.5 Å². The predicted molar refractivity (Wildman–Crippen MR) is 68.3 cm³/mol. The summed E-state index contributed by atoms with van der Waals surface area (Å²) in [5, 5.41) is 6.63. The monoisotopic (exact) mass is 274 g/mol. The van der Waals surface area contributed by atoms with E-state index in [0.717, 1.165) is 6.42 Å². The largest absolute Gasteiger partial charge is 0.382 e. The number of carbonyl (C=O) groups excluding carboxylic acids is 1. The zero-order valence-corrected chi connectivity index (χ0v) is 10.5. The van der Waals surface area contributed by atoms with Crippen LogP contribution in [0.15, 0.2) is 6.07 Å². The number of nitrogens with one attached hydrogen (secondary N) is 2. The van der Waals surface area contributed by atoms with Gasteiger partial charge in [-0.3, -0.25) is 4.79 Å². The highest BCUT2D eigenvalue weighted by molar-refractivity contribution is 6.37. The highest BCUT2D eigenvalue weighted by atomic mass is 35.5. The van der Waals surface area contributed by atoms with Gasteiger partial charge in [0.1, 0.15) is 11.6 Å². The average Bonchev–Trinajstić information content (AvgIpc) is 2.68. The van der Waals surface area contributed by atoms with Crippen molar-refractivity contribution in [2.75, 3.05) is 17.6 Å². The molecule has 5 nitrogen and oxygen atoms in total. The quantitative estimate of drug-likeness (QED) is 0.783. The van der Waals surface area contributed by atoms with Crippen LogP contribution in [-0.2, 0) is 4.79 Å². The molecule has 0 bridgehead atoms. The number of hydrogen-bond donors (Lipinski definition) is 3. The summed E-state index contributed by atoms with van der Waals surface area (Å²) in [5.74, 6) is 0.787. The molecule has 2 rings (SSSR count). The maximum absolute atomic E-state index is 11.0. The van der Waals surface area contributed by atoms with Crippen molar-refractivity contribution in [2.24, 2.45) is 0 Å². The van der Waals surface area contributed by atoms with Crippen LogP contribution in [0.3, 0.4) is 0 Å². The molecule has 92 valence electrons. The summed E-state index contributed by atoms with van der Waals surface area (Å²) in [7, 11) is 0. The van der Waals surface area contributed by atoms with Crippen molar-refractivity contribution in [1.82, 2.24) is 10.3 Å². The zero-order chi connectivity index (χ0) is 12.4. The third-order valence-corrected chi connectivity index (χ3v) is 3.15. The van der Waals surface area contributed by atoms with Crippen LogP contribution in [-0.4, -0.2) is 23.5 Å². The number of nitrogens with zero attached hydrogens (tertiary/aromatic N) is 1. The molecule has 4 N–H and O–H groups in total. The summed E-state index contributed by atoms with van der Waals surface area (Å²) >= 11 is 11.7. The van der Waals surface area contributed by atoms with Crippen LogP contribution in [0.25, 0.3) is 0 Å². The lowest BCUT2D eigenvalue weighted by Crippen LogP contribution is -2.32. The van der Waals surface area contributed by atoms with Crippen LogP contribution in [0.2, 0.25) is 10.0 Å². The minimum atomic E-state index is 0.0754. The topological polar surface area (TPSA) is 80.0 Å². The molecule has 1 atom stereocenters. The molecule has 0 aromatic carbocycles. The molecule has 1 aliphatic rings. The molecule has 1 unspecified atom stereocenters. The fourth-order valence-corrected chi connectivity index (χ4v) is 2.08. The molecular formula is C10H12Cl2N4O. The minimum absolute atomic E-state index is 0.0754. The summed E-state index contributed by atoms with van der Waals surface area (Å²) in [6.07, 6.45) is 1.38. The zero-order valence-electron chi connectivity index (χ0n) is 8.96. The van der Waals surface area contributed by atoms with Gasteiger partial charge in [0.2, 0.25) is 5.91 Å². The van der Waals surface area contributed by atoms with E-state index in [2.05, 4.69) is 15.6 Å². The van der Waals surface area contributed by atoms with Crippen molar-refractivity contribution in [1.29, 1.82) is 0 Å². The van der Waals surface area contributed by atoms with Crippen molar-refractivity contribution >= 4 is 40.7 Å². The minimum Gasteiger partial charge on any atom is -0.382 e. The Labute approximate surface area is 109 Å². The molecule has 0 spiro atoms. The lowest BCUT2D eigenvalue weighted by atomic mass is 10.2. The maximum Gasteiger partial charge on any atom is 0.220 e. The van der Waals surface area contributed by atoms with Crippen LogP contribution < -0.4 is 16.4 Å². The van der Waals surface area contributed by atoms with E-state index >= 15 is 0 Å². The first-order chi connectivity index (χ1) is 8.06. The second kappa shape index (κ2) is 4.98. The van der Waals surface area contributed by atoms with Gasteiger partial charge in [0.25, 0.3) is 0 Å². The molecule has 0 radical (unpaired) electrons. The summed E-state index contributed by atoms with van der Waals surface area (Å²) < 4.78 is 0. The van der Waals surface area contributed by atoms with E-state index in [9.17, 15) is 4.79 Å². The fourth-order valence-electron chi connectivity index (χ4n) is 1.66. The number of hydrogen-bond acceptors (Lipinski definition) is 4. The van der Waals surface area contributed by atoms with Crippen LogP contribution in [0.5, 0.6) is 0 Å². The van der Waals surface area contributed by atoms with E-state index in [0.29, 0.717) is 28.8 Å². The van der Waals surface area contributed by atoms with Crippen LogP contribution >= 0.6 is 23.2 Å². The third-order valence-electron chi connectivity index (χ3n) is 2.56. The third kappa shape index (κ3) is 2.92. The van der Waals surface area contributed by atoms with Gasteiger partial charge < -0.3 is 16.4 Å². The number of nitrogens with two attached hydrogens (primary N) is 1. The number of carbonyl (C=O) groups is 1. The Morgan fingerprint density at radius 3 is 2.94 bits per heavy atom. The molecule has 1 aromatic rings. The van der Waals surface area contributed by atoms with Crippen LogP contribution in [0, 0.1) is 0 Å². The SMILES string of the molecule is Nc1nc(NCC2CCC(=O)N2)c(Cl)cc1Cl. The van der Waals surface area contributed by atoms with E-state index in [-0.39, 0.29) is 17.8 Å². The van der Waals surface area contributed by atoms with Gasteiger partial charge in [-0.25, -0.2) is 4.98 Å². The molecule has 1 fully saturated rings. The average molecular weight is 275 g/mol. The van der Waals surface area contributed by atoms with Crippen molar-refractivity contribution < 1.29 is 4.79 Å².